The molecule has 24 heavy (non-hydrogen) atoms. The van der Waals surface area contributed by atoms with Crippen molar-refractivity contribution in [1.82, 2.24) is 0 Å². The molecule has 4 fully saturated rings. The molecule has 3 heteroatoms. The lowest BCUT2D eigenvalue weighted by Gasteiger charge is -2.61. The number of carbonyl (C=O) groups excluding carboxylic acids is 2. The average Bonchev–Trinajstić information content (AvgIpc) is 2.83. The molecular weight excluding hydrogens is 300 g/mol. The van der Waals surface area contributed by atoms with Crippen molar-refractivity contribution in [3.8, 4) is 0 Å². The molecule has 0 bridgehead atoms. The predicted molar refractivity (Wildman–Crippen MR) is 92.3 cm³/mol. The molecule has 0 amide bonds. The van der Waals surface area contributed by atoms with Gasteiger partial charge in [0, 0.05) is 24.7 Å². The average molecular weight is 332 g/mol. The van der Waals surface area contributed by atoms with Crippen molar-refractivity contribution in [3.63, 3.8) is 0 Å². The van der Waals surface area contributed by atoms with Crippen molar-refractivity contribution in [2.45, 2.75) is 84.7 Å². The van der Waals surface area contributed by atoms with E-state index in [0.717, 1.165) is 32.1 Å². The SMILES string of the molecule is CC(=O)OC1CC2CCCCC2(C)C2CCC3(C)C(=O)CCC3C12. The van der Waals surface area contributed by atoms with Crippen molar-refractivity contribution >= 4 is 11.8 Å². The van der Waals surface area contributed by atoms with Crippen LogP contribution in [0.1, 0.15) is 78.6 Å². The number of fused-ring (bicyclic) bond motifs is 5. The monoisotopic (exact) mass is 332 g/mol. The van der Waals surface area contributed by atoms with Crippen LogP contribution in [-0.2, 0) is 14.3 Å². The van der Waals surface area contributed by atoms with Crippen molar-refractivity contribution < 1.29 is 14.3 Å². The van der Waals surface area contributed by atoms with E-state index in [1.807, 2.05) is 0 Å². The smallest absolute Gasteiger partial charge is 0.302 e. The molecule has 4 rings (SSSR count). The summed E-state index contributed by atoms with van der Waals surface area (Å²) < 4.78 is 5.89. The summed E-state index contributed by atoms with van der Waals surface area (Å²) in [6.07, 6.45) is 10.3. The molecule has 0 aromatic carbocycles. The molecule has 0 aromatic rings. The summed E-state index contributed by atoms with van der Waals surface area (Å²) in [5, 5.41) is 0. The van der Waals surface area contributed by atoms with E-state index in [1.165, 1.54) is 25.7 Å². The van der Waals surface area contributed by atoms with Gasteiger partial charge in [-0.25, -0.2) is 0 Å². The fourth-order valence-corrected chi connectivity index (χ4v) is 7.34. The second kappa shape index (κ2) is 5.57. The lowest BCUT2D eigenvalue weighted by Crippen LogP contribution is -2.58. The van der Waals surface area contributed by atoms with Crippen LogP contribution in [0, 0.1) is 34.5 Å². The zero-order valence-corrected chi connectivity index (χ0v) is 15.5. The Morgan fingerprint density at radius 2 is 1.88 bits per heavy atom. The van der Waals surface area contributed by atoms with Crippen LogP contribution < -0.4 is 0 Å². The maximum absolute atomic E-state index is 12.6. The van der Waals surface area contributed by atoms with Gasteiger partial charge in [0.15, 0.2) is 0 Å². The van der Waals surface area contributed by atoms with E-state index in [1.54, 1.807) is 6.92 Å². The number of rotatable bonds is 1. The molecule has 0 aliphatic heterocycles. The normalized spacial score (nSPS) is 50.6. The molecule has 4 aliphatic rings. The van der Waals surface area contributed by atoms with Crippen LogP contribution in [0.4, 0.5) is 0 Å². The predicted octanol–water partition coefficient (Wildman–Crippen LogP) is 4.53. The first kappa shape index (κ1) is 16.6. The molecule has 0 spiro atoms. The van der Waals surface area contributed by atoms with Crippen LogP contribution in [0.3, 0.4) is 0 Å². The van der Waals surface area contributed by atoms with Gasteiger partial charge >= 0.3 is 5.97 Å². The van der Waals surface area contributed by atoms with Gasteiger partial charge in [0.1, 0.15) is 11.9 Å². The summed E-state index contributed by atoms with van der Waals surface area (Å²) in [6.45, 7) is 6.26. The maximum atomic E-state index is 12.6. The van der Waals surface area contributed by atoms with E-state index in [9.17, 15) is 9.59 Å². The lowest BCUT2D eigenvalue weighted by atomic mass is 9.44. The van der Waals surface area contributed by atoms with Gasteiger partial charge in [0.05, 0.1) is 0 Å². The van der Waals surface area contributed by atoms with Gasteiger partial charge in [-0.1, -0.05) is 26.7 Å². The van der Waals surface area contributed by atoms with Gasteiger partial charge in [-0.3, -0.25) is 9.59 Å². The summed E-state index contributed by atoms with van der Waals surface area (Å²) in [5.74, 6) is 2.47. The Morgan fingerprint density at radius 1 is 1.08 bits per heavy atom. The Labute approximate surface area is 145 Å². The highest BCUT2D eigenvalue weighted by Crippen LogP contribution is 2.65. The van der Waals surface area contributed by atoms with E-state index in [2.05, 4.69) is 13.8 Å². The standard InChI is InChI=1S/C21H32O3/c1-13(22)24-17-12-14-6-4-5-10-20(14,2)16-9-11-21(3)15(19(16)17)7-8-18(21)23/h14-17,19H,4-12H2,1-3H3. The number of hydrogen-bond acceptors (Lipinski definition) is 3. The Hall–Kier alpha value is -0.860. The quantitative estimate of drug-likeness (QED) is 0.663. The third kappa shape index (κ3) is 2.22. The van der Waals surface area contributed by atoms with Gasteiger partial charge in [-0.2, -0.15) is 0 Å². The summed E-state index contributed by atoms with van der Waals surface area (Å²) in [6, 6.07) is 0. The molecule has 0 N–H and O–H groups in total. The molecule has 7 unspecified atom stereocenters. The van der Waals surface area contributed by atoms with Gasteiger partial charge in [0.25, 0.3) is 0 Å². The lowest BCUT2D eigenvalue weighted by molar-refractivity contribution is -0.186. The van der Waals surface area contributed by atoms with E-state index in [-0.39, 0.29) is 17.5 Å². The maximum Gasteiger partial charge on any atom is 0.302 e. The van der Waals surface area contributed by atoms with E-state index < -0.39 is 0 Å². The highest BCUT2D eigenvalue weighted by atomic mass is 16.5. The summed E-state index contributed by atoms with van der Waals surface area (Å²) in [7, 11) is 0. The molecule has 7 atom stereocenters. The van der Waals surface area contributed by atoms with Crippen LogP contribution in [0.25, 0.3) is 0 Å². The number of Topliss-reactive ketones (excluding diaryl/α,β-unsaturated/α-hetero) is 1. The molecular formula is C21H32O3. The largest absolute Gasteiger partial charge is 0.462 e. The highest BCUT2D eigenvalue weighted by molar-refractivity contribution is 5.87. The molecule has 0 saturated heterocycles. The molecule has 4 aliphatic carbocycles. The number of esters is 1. The Balaban J connectivity index is 1.72. The van der Waals surface area contributed by atoms with Crippen molar-refractivity contribution in [3.05, 3.63) is 0 Å². The van der Waals surface area contributed by atoms with Crippen molar-refractivity contribution in [2.24, 2.45) is 34.5 Å². The van der Waals surface area contributed by atoms with Crippen molar-refractivity contribution in [1.29, 1.82) is 0 Å². The third-order valence-corrected chi connectivity index (χ3v) is 8.60. The third-order valence-electron chi connectivity index (χ3n) is 8.60. The molecule has 4 saturated carbocycles. The van der Waals surface area contributed by atoms with Gasteiger partial charge in [-0.15, -0.1) is 0 Å². The highest BCUT2D eigenvalue weighted by Gasteiger charge is 2.62. The van der Waals surface area contributed by atoms with Crippen molar-refractivity contribution in [2.75, 3.05) is 0 Å². The minimum absolute atomic E-state index is 0.0409. The molecule has 3 nitrogen and oxygen atoms in total. The second-order valence-corrected chi connectivity index (χ2v) is 9.54. The summed E-state index contributed by atoms with van der Waals surface area (Å²) in [4.78, 5) is 24.4. The molecule has 0 heterocycles. The first-order chi connectivity index (χ1) is 11.4. The first-order valence-electron chi connectivity index (χ1n) is 10.1. The fourth-order valence-electron chi connectivity index (χ4n) is 7.34. The number of ether oxygens (including phenoxy) is 1. The van der Waals surface area contributed by atoms with Gasteiger partial charge in [-0.05, 0) is 61.7 Å². The first-order valence-corrected chi connectivity index (χ1v) is 10.1. The number of carbonyl (C=O) groups is 2. The van der Waals surface area contributed by atoms with Crippen LogP contribution in [-0.4, -0.2) is 17.9 Å². The Morgan fingerprint density at radius 3 is 2.62 bits per heavy atom. The van der Waals surface area contributed by atoms with Crippen LogP contribution >= 0.6 is 0 Å². The van der Waals surface area contributed by atoms with Crippen LogP contribution in [0.15, 0.2) is 0 Å². The van der Waals surface area contributed by atoms with Gasteiger partial charge < -0.3 is 4.74 Å². The fraction of sp³-hybridized carbons (Fsp3) is 0.905. The second-order valence-electron chi connectivity index (χ2n) is 9.54. The van der Waals surface area contributed by atoms with Crippen LogP contribution in [0.5, 0.6) is 0 Å². The molecule has 134 valence electrons. The van der Waals surface area contributed by atoms with E-state index >= 15 is 0 Å². The summed E-state index contributed by atoms with van der Waals surface area (Å²) >= 11 is 0. The zero-order chi connectivity index (χ0) is 17.1. The zero-order valence-electron chi connectivity index (χ0n) is 15.5. The number of hydrogen-bond donors (Lipinski definition) is 0. The van der Waals surface area contributed by atoms with E-state index in [4.69, 9.17) is 4.74 Å². The van der Waals surface area contributed by atoms with E-state index in [0.29, 0.717) is 34.9 Å². The summed E-state index contributed by atoms with van der Waals surface area (Å²) in [5.41, 5.74) is 0.240. The molecule has 0 aromatic heterocycles. The topological polar surface area (TPSA) is 43.4 Å². The minimum Gasteiger partial charge on any atom is -0.462 e. The Kier molecular flexibility index (Phi) is 3.85. The van der Waals surface area contributed by atoms with Crippen LogP contribution in [0.2, 0.25) is 0 Å². The minimum atomic E-state index is -0.155. The molecule has 0 radical (unpaired) electrons. The Bertz CT molecular complexity index is 555. The van der Waals surface area contributed by atoms with Gasteiger partial charge in [0.2, 0.25) is 0 Å². The number of ketones is 1.